The smallest absolute Gasteiger partial charge is 0.220 e. The van der Waals surface area contributed by atoms with E-state index in [4.69, 9.17) is 0 Å². The summed E-state index contributed by atoms with van der Waals surface area (Å²) in [5.74, 6) is 0.977. The van der Waals surface area contributed by atoms with Crippen molar-refractivity contribution in [2.75, 3.05) is 0 Å². The molecule has 0 aliphatic rings. The molecule has 3 aromatic rings. The van der Waals surface area contributed by atoms with Crippen molar-refractivity contribution in [2.45, 2.75) is 46.2 Å². The van der Waals surface area contributed by atoms with E-state index in [1.165, 1.54) is 5.56 Å². The molecular formula is C20H24N4O. The van der Waals surface area contributed by atoms with Gasteiger partial charge in [-0.1, -0.05) is 36.8 Å². The molecule has 0 bridgehead atoms. The van der Waals surface area contributed by atoms with Gasteiger partial charge in [0.25, 0.3) is 0 Å². The van der Waals surface area contributed by atoms with E-state index in [0.717, 1.165) is 35.5 Å². The molecule has 0 aliphatic heterocycles. The summed E-state index contributed by atoms with van der Waals surface area (Å²) < 4.78 is 2.13. The Kier molecular flexibility index (Phi) is 5.43. The molecule has 1 aromatic carbocycles. The van der Waals surface area contributed by atoms with E-state index in [0.29, 0.717) is 19.4 Å². The molecule has 5 heteroatoms. The van der Waals surface area contributed by atoms with Crippen LogP contribution in [-0.2, 0) is 24.3 Å². The lowest BCUT2D eigenvalue weighted by atomic mass is 10.1. The van der Waals surface area contributed by atoms with Crippen molar-refractivity contribution in [3.05, 3.63) is 59.5 Å². The number of fused-ring (bicyclic) bond motifs is 1. The van der Waals surface area contributed by atoms with E-state index in [1.807, 2.05) is 24.3 Å². The number of nitrogens with one attached hydrogen (secondary N) is 1. The second kappa shape index (κ2) is 7.92. The summed E-state index contributed by atoms with van der Waals surface area (Å²) in [6, 6.07) is 12.1. The lowest BCUT2D eigenvalue weighted by molar-refractivity contribution is -0.121. The predicted octanol–water partition coefficient (Wildman–Crippen LogP) is 3.40. The van der Waals surface area contributed by atoms with Crippen molar-refractivity contribution >= 4 is 17.1 Å². The van der Waals surface area contributed by atoms with E-state index >= 15 is 0 Å². The minimum absolute atomic E-state index is 0.0450. The molecule has 0 saturated carbocycles. The van der Waals surface area contributed by atoms with Crippen molar-refractivity contribution in [1.82, 2.24) is 19.9 Å². The van der Waals surface area contributed by atoms with Crippen molar-refractivity contribution in [1.29, 1.82) is 0 Å². The molecule has 1 amide bonds. The molecule has 5 nitrogen and oxygen atoms in total. The summed E-state index contributed by atoms with van der Waals surface area (Å²) in [7, 11) is 0. The molecule has 0 saturated heterocycles. The molecule has 0 fully saturated rings. The molecule has 3 rings (SSSR count). The van der Waals surface area contributed by atoms with Crippen molar-refractivity contribution < 1.29 is 4.79 Å². The molecule has 130 valence electrons. The minimum atomic E-state index is 0.0450. The Morgan fingerprint density at radius 1 is 1.20 bits per heavy atom. The molecule has 0 atom stereocenters. The Balaban J connectivity index is 1.60. The van der Waals surface area contributed by atoms with Crippen LogP contribution in [0, 0.1) is 6.92 Å². The maximum atomic E-state index is 12.2. The minimum Gasteiger partial charge on any atom is -0.352 e. The van der Waals surface area contributed by atoms with Gasteiger partial charge in [-0.15, -0.1) is 0 Å². The Hall–Kier alpha value is -2.69. The van der Waals surface area contributed by atoms with Gasteiger partial charge in [-0.3, -0.25) is 4.79 Å². The van der Waals surface area contributed by atoms with Gasteiger partial charge in [-0.2, -0.15) is 0 Å². The number of rotatable bonds is 7. The summed E-state index contributed by atoms with van der Waals surface area (Å²) in [5.41, 5.74) is 4.13. The molecule has 0 unspecified atom stereocenters. The molecule has 0 aliphatic carbocycles. The zero-order chi connectivity index (χ0) is 17.6. The Morgan fingerprint density at radius 2 is 2.00 bits per heavy atom. The maximum Gasteiger partial charge on any atom is 0.220 e. The third kappa shape index (κ3) is 4.24. The van der Waals surface area contributed by atoms with E-state index in [-0.39, 0.29) is 5.91 Å². The first-order valence-electron chi connectivity index (χ1n) is 8.79. The van der Waals surface area contributed by atoms with Gasteiger partial charge in [0, 0.05) is 32.1 Å². The highest BCUT2D eigenvalue weighted by molar-refractivity contribution is 5.76. The van der Waals surface area contributed by atoms with Crippen LogP contribution >= 0.6 is 0 Å². The second-order valence-electron chi connectivity index (χ2n) is 6.29. The van der Waals surface area contributed by atoms with Crippen LogP contribution < -0.4 is 5.32 Å². The van der Waals surface area contributed by atoms with Gasteiger partial charge in [0.15, 0.2) is 5.65 Å². The van der Waals surface area contributed by atoms with E-state index in [9.17, 15) is 4.79 Å². The number of aromatic nitrogens is 3. The lowest BCUT2D eigenvalue weighted by Crippen LogP contribution is -2.23. The molecular weight excluding hydrogens is 312 g/mol. The summed E-state index contributed by atoms with van der Waals surface area (Å²) >= 11 is 0. The number of hydrogen-bond donors (Lipinski definition) is 1. The molecule has 0 radical (unpaired) electrons. The van der Waals surface area contributed by atoms with Crippen LogP contribution in [0.4, 0.5) is 0 Å². The van der Waals surface area contributed by atoms with Crippen LogP contribution in [-0.4, -0.2) is 20.4 Å². The topological polar surface area (TPSA) is 59.8 Å². The van der Waals surface area contributed by atoms with Gasteiger partial charge >= 0.3 is 0 Å². The highest BCUT2D eigenvalue weighted by Crippen LogP contribution is 2.15. The zero-order valence-electron chi connectivity index (χ0n) is 14.8. The molecule has 2 heterocycles. The Labute approximate surface area is 148 Å². The number of benzene rings is 1. The fraction of sp³-hybridized carbons (Fsp3) is 0.350. The molecule has 2 aromatic heterocycles. The molecule has 25 heavy (non-hydrogen) atoms. The summed E-state index contributed by atoms with van der Waals surface area (Å²) in [5, 5.41) is 2.98. The predicted molar refractivity (Wildman–Crippen MR) is 99.2 cm³/mol. The lowest BCUT2D eigenvalue weighted by Gasteiger charge is -2.08. The number of carbonyl (C=O) groups excluding carboxylic acids is 1. The summed E-state index contributed by atoms with van der Waals surface area (Å²) in [6.45, 7) is 5.62. The number of nitrogens with zero attached hydrogens (tertiary/aromatic N) is 3. The average Bonchev–Trinajstić information content (AvgIpc) is 2.98. The van der Waals surface area contributed by atoms with Gasteiger partial charge in [0.1, 0.15) is 11.3 Å². The second-order valence-corrected chi connectivity index (χ2v) is 6.29. The van der Waals surface area contributed by atoms with Crippen LogP contribution in [0.5, 0.6) is 0 Å². The first kappa shape index (κ1) is 17.1. The first-order valence-corrected chi connectivity index (χ1v) is 8.79. The van der Waals surface area contributed by atoms with Crippen LogP contribution in [0.25, 0.3) is 11.2 Å². The molecule has 0 spiro atoms. The van der Waals surface area contributed by atoms with Crippen LogP contribution in [0.15, 0.2) is 42.6 Å². The van der Waals surface area contributed by atoms with E-state index in [1.54, 1.807) is 6.20 Å². The van der Waals surface area contributed by atoms with Gasteiger partial charge in [0.2, 0.25) is 5.91 Å². The summed E-state index contributed by atoms with van der Waals surface area (Å²) in [4.78, 5) is 21.3. The number of aryl methyl sites for hydroxylation is 3. The SMILES string of the molecule is CCCn1c(CCC(=O)NCc2ccc(C)cc2)nc2cccnc21. The Bertz CT molecular complexity index is 852. The largest absolute Gasteiger partial charge is 0.352 e. The average molecular weight is 336 g/mol. The van der Waals surface area contributed by atoms with Gasteiger partial charge in [-0.25, -0.2) is 9.97 Å². The molecule has 1 N–H and O–H groups in total. The van der Waals surface area contributed by atoms with Gasteiger partial charge in [0.05, 0.1) is 0 Å². The number of pyridine rings is 1. The quantitative estimate of drug-likeness (QED) is 0.719. The van der Waals surface area contributed by atoms with Gasteiger partial charge in [-0.05, 0) is 31.0 Å². The Morgan fingerprint density at radius 3 is 2.76 bits per heavy atom. The fourth-order valence-electron chi connectivity index (χ4n) is 2.88. The normalized spacial score (nSPS) is 11.0. The van der Waals surface area contributed by atoms with Gasteiger partial charge < -0.3 is 9.88 Å². The van der Waals surface area contributed by atoms with Crippen LogP contribution in [0.3, 0.4) is 0 Å². The highest BCUT2D eigenvalue weighted by atomic mass is 16.1. The number of carbonyl (C=O) groups is 1. The standard InChI is InChI=1S/C20H24N4O/c1-3-13-24-18(23-17-5-4-12-21-20(17)24)10-11-19(25)22-14-16-8-6-15(2)7-9-16/h4-9,12H,3,10-11,13-14H2,1-2H3,(H,22,25). The van der Waals surface area contributed by atoms with Crippen molar-refractivity contribution in [3.63, 3.8) is 0 Å². The van der Waals surface area contributed by atoms with E-state index < -0.39 is 0 Å². The van der Waals surface area contributed by atoms with Crippen molar-refractivity contribution in [2.24, 2.45) is 0 Å². The third-order valence-electron chi connectivity index (χ3n) is 4.22. The number of amides is 1. The van der Waals surface area contributed by atoms with Crippen LogP contribution in [0.1, 0.15) is 36.7 Å². The highest BCUT2D eigenvalue weighted by Gasteiger charge is 2.12. The number of imidazole rings is 1. The first-order chi connectivity index (χ1) is 12.2. The zero-order valence-corrected chi connectivity index (χ0v) is 14.8. The maximum absolute atomic E-state index is 12.2. The van der Waals surface area contributed by atoms with Crippen molar-refractivity contribution in [3.8, 4) is 0 Å². The number of hydrogen-bond acceptors (Lipinski definition) is 3. The third-order valence-corrected chi connectivity index (χ3v) is 4.22. The summed E-state index contributed by atoms with van der Waals surface area (Å²) in [6.07, 6.45) is 3.85. The monoisotopic (exact) mass is 336 g/mol. The fourth-order valence-corrected chi connectivity index (χ4v) is 2.88. The van der Waals surface area contributed by atoms with Crippen LogP contribution in [0.2, 0.25) is 0 Å². The van der Waals surface area contributed by atoms with E-state index in [2.05, 4.69) is 45.8 Å².